The molecule has 2 N–H and O–H groups in total. The molecule has 0 atom stereocenters. The number of aromatic nitrogens is 2. The van der Waals surface area contributed by atoms with Crippen LogP contribution >= 0.6 is 0 Å². The molecule has 1 aliphatic heterocycles. The summed E-state index contributed by atoms with van der Waals surface area (Å²) >= 11 is 0. The second-order valence-electron chi connectivity index (χ2n) is 7.12. The van der Waals surface area contributed by atoms with Crippen LogP contribution in [0.2, 0.25) is 0 Å². The average Bonchev–Trinajstić information content (AvgIpc) is 2.89. The number of hydrogen-bond acceptors (Lipinski definition) is 3. The molecular formula is C17H21F2N3O2. The molecule has 5 nitrogen and oxygen atoms in total. The first-order valence-corrected chi connectivity index (χ1v) is 8.09. The minimum Gasteiger partial charge on any atom is -0.390 e. The third-order valence-corrected chi connectivity index (χ3v) is 4.42. The number of H-pyrrole nitrogens is 1. The molecule has 0 radical (unpaired) electrons. The summed E-state index contributed by atoms with van der Waals surface area (Å²) < 4.78 is 26.5. The fourth-order valence-corrected chi connectivity index (χ4v) is 3.30. The molecule has 1 aromatic heterocycles. The molecule has 0 bridgehead atoms. The van der Waals surface area contributed by atoms with E-state index in [0.29, 0.717) is 30.9 Å². The van der Waals surface area contributed by atoms with Gasteiger partial charge in [-0.2, -0.15) is 0 Å². The minimum atomic E-state index is -0.986. The molecule has 1 amide bonds. The molecule has 2 heterocycles. The highest BCUT2D eigenvalue weighted by Gasteiger charge is 2.28. The van der Waals surface area contributed by atoms with Crippen LogP contribution in [0.4, 0.5) is 8.78 Å². The van der Waals surface area contributed by atoms with E-state index in [2.05, 4.69) is 9.97 Å². The van der Waals surface area contributed by atoms with E-state index < -0.39 is 17.2 Å². The number of nitrogens with one attached hydrogen (secondary N) is 1. The molecule has 0 aliphatic carbocycles. The van der Waals surface area contributed by atoms with Crippen LogP contribution in [-0.4, -0.2) is 44.6 Å². The summed E-state index contributed by atoms with van der Waals surface area (Å²) in [6, 6.07) is 1.98. The smallest absolute Gasteiger partial charge is 0.289 e. The molecule has 3 rings (SSSR count). The van der Waals surface area contributed by atoms with Crippen molar-refractivity contribution in [2.24, 2.45) is 5.92 Å². The Kier molecular flexibility index (Phi) is 4.29. The van der Waals surface area contributed by atoms with Gasteiger partial charge in [0.2, 0.25) is 0 Å². The largest absolute Gasteiger partial charge is 0.390 e. The summed E-state index contributed by atoms with van der Waals surface area (Å²) in [5.74, 6) is -1.75. The number of piperidine rings is 1. The molecule has 1 aromatic carbocycles. The van der Waals surface area contributed by atoms with E-state index in [4.69, 9.17) is 0 Å². The minimum absolute atomic E-state index is 0.0935. The van der Waals surface area contributed by atoms with Crippen LogP contribution in [0.15, 0.2) is 12.1 Å². The van der Waals surface area contributed by atoms with E-state index in [9.17, 15) is 18.7 Å². The number of fused-ring (bicyclic) bond motifs is 1. The first-order chi connectivity index (χ1) is 11.2. The molecule has 0 saturated carbocycles. The molecular weight excluding hydrogens is 316 g/mol. The van der Waals surface area contributed by atoms with Gasteiger partial charge in [0.05, 0.1) is 16.6 Å². The van der Waals surface area contributed by atoms with Crippen LogP contribution in [0.25, 0.3) is 11.0 Å². The molecule has 130 valence electrons. The lowest BCUT2D eigenvalue weighted by Gasteiger charge is -2.34. The maximum atomic E-state index is 13.3. The van der Waals surface area contributed by atoms with Crippen LogP contribution < -0.4 is 0 Å². The van der Waals surface area contributed by atoms with Crippen molar-refractivity contribution in [3.8, 4) is 0 Å². The summed E-state index contributed by atoms with van der Waals surface area (Å²) in [5.41, 5.74) is -0.174. The van der Waals surface area contributed by atoms with Crippen LogP contribution in [0.5, 0.6) is 0 Å². The van der Waals surface area contributed by atoms with Gasteiger partial charge in [0, 0.05) is 25.2 Å². The highest BCUT2D eigenvalue weighted by Crippen LogP contribution is 2.27. The number of aromatic amines is 1. The topological polar surface area (TPSA) is 69.2 Å². The van der Waals surface area contributed by atoms with Crippen molar-refractivity contribution in [2.75, 3.05) is 13.1 Å². The lowest BCUT2D eigenvalue weighted by atomic mass is 9.86. The Morgan fingerprint density at radius 1 is 1.33 bits per heavy atom. The number of amides is 1. The van der Waals surface area contributed by atoms with Crippen molar-refractivity contribution in [3.05, 3.63) is 29.6 Å². The van der Waals surface area contributed by atoms with E-state index in [1.165, 1.54) is 0 Å². The van der Waals surface area contributed by atoms with Crippen molar-refractivity contribution in [3.63, 3.8) is 0 Å². The fourth-order valence-electron chi connectivity index (χ4n) is 3.30. The van der Waals surface area contributed by atoms with Gasteiger partial charge < -0.3 is 15.0 Å². The molecule has 1 aliphatic rings. The number of carbonyl (C=O) groups is 1. The lowest BCUT2D eigenvalue weighted by Crippen LogP contribution is -2.40. The Morgan fingerprint density at radius 2 is 1.96 bits per heavy atom. The SMILES string of the molecule is CC(C)(O)CC1CCN(C(=O)c2nc3cc(F)c(F)cc3[nH]2)CC1. The molecule has 7 heteroatoms. The standard InChI is InChI=1S/C17H21F2N3O2/c1-17(2,24)9-10-3-5-22(6-4-10)16(23)15-20-13-7-11(18)12(19)8-14(13)21-15/h7-8,10,24H,3-6,9H2,1-2H3,(H,20,21). The van der Waals surface area contributed by atoms with E-state index in [0.717, 1.165) is 25.0 Å². The van der Waals surface area contributed by atoms with Crippen molar-refractivity contribution in [1.82, 2.24) is 14.9 Å². The molecule has 0 spiro atoms. The summed E-state index contributed by atoms with van der Waals surface area (Å²) in [5, 5.41) is 9.89. The van der Waals surface area contributed by atoms with Crippen LogP contribution in [0.3, 0.4) is 0 Å². The molecule has 1 fully saturated rings. The van der Waals surface area contributed by atoms with Gasteiger partial charge in [-0.05, 0) is 39.0 Å². The highest BCUT2D eigenvalue weighted by atomic mass is 19.2. The molecule has 2 aromatic rings. The van der Waals surface area contributed by atoms with Gasteiger partial charge in [-0.3, -0.25) is 4.79 Å². The third-order valence-electron chi connectivity index (χ3n) is 4.42. The van der Waals surface area contributed by atoms with E-state index in [1.54, 1.807) is 18.7 Å². The first-order valence-electron chi connectivity index (χ1n) is 8.09. The van der Waals surface area contributed by atoms with Gasteiger partial charge in [-0.25, -0.2) is 13.8 Å². The number of imidazole rings is 1. The average molecular weight is 337 g/mol. The number of carbonyl (C=O) groups excluding carboxylic acids is 1. The van der Waals surface area contributed by atoms with Crippen molar-refractivity contribution < 1.29 is 18.7 Å². The van der Waals surface area contributed by atoms with E-state index in [-0.39, 0.29) is 17.2 Å². The van der Waals surface area contributed by atoms with E-state index in [1.807, 2.05) is 0 Å². The van der Waals surface area contributed by atoms with Crippen molar-refractivity contribution in [2.45, 2.75) is 38.7 Å². The maximum Gasteiger partial charge on any atom is 0.289 e. The Hall–Kier alpha value is -2.02. The second kappa shape index (κ2) is 6.12. The predicted octanol–water partition coefficient (Wildman–Crippen LogP) is 2.85. The Morgan fingerprint density at radius 3 is 2.58 bits per heavy atom. The lowest BCUT2D eigenvalue weighted by molar-refractivity contribution is 0.0355. The number of aliphatic hydroxyl groups is 1. The Bertz CT molecular complexity index is 720. The molecule has 1 saturated heterocycles. The molecule has 0 unspecified atom stereocenters. The maximum absolute atomic E-state index is 13.3. The normalized spacial score (nSPS) is 16.8. The number of halogens is 2. The van der Waals surface area contributed by atoms with Crippen LogP contribution in [0.1, 0.15) is 43.7 Å². The van der Waals surface area contributed by atoms with Gasteiger partial charge in [0.25, 0.3) is 5.91 Å². The quantitative estimate of drug-likeness (QED) is 0.905. The third kappa shape index (κ3) is 3.56. The van der Waals surface area contributed by atoms with Crippen molar-refractivity contribution in [1.29, 1.82) is 0 Å². The first kappa shape index (κ1) is 16.8. The fraction of sp³-hybridized carbons (Fsp3) is 0.529. The highest BCUT2D eigenvalue weighted by molar-refractivity contribution is 5.94. The Labute approximate surface area is 138 Å². The zero-order valence-corrected chi connectivity index (χ0v) is 13.8. The number of nitrogens with zero attached hydrogens (tertiary/aromatic N) is 2. The van der Waals surface area contributed by atoms with Gasteiger partial charge in [-0.1, -0.05) is 0 Å². The van der Waals surface area contributed by atoms with Crippen molar-refractivity contribution >= 4 is 16.9 Å². The summed E-state index contributed by atoms with van der Waals surface area (Å²) in [6.07, 6.45) is 2.34. The van der Waals surface area contributed by atoms with E-state index >= 15 is 0 Å². The molecule has 24 heavy (non-hydrogen) atoms. The zero-order chi connectivity index (χ0) is 17.5. The summed E-state index contributed by atoms with van der Waals surface area (Å²) in [4.78, 5) is 21.0. The van der Waals surface area contributed by atoms with Gasteiger partial charge >= 0.3 is 0 Å². The number of rotatable bonds is 3. The predicted molar refractivity (Wildman–Crippen MR) is 85.6 cm³/mol. The van der Waals surface area contributed by atoms with Crippen LogP contribution in [0, 0.1) is 17.6 Å². The van der Waals surface area contributed by atoms with Crippen LogP contribution in [-0.2, 0) is 0 Å². The number of likely N-dealkylation sites (tertiary alicyclic amines) is 1. The summed E-state index contributed by atoms with van der Waals surface area (Å²) in [7, 11) is 0. The van der Waals surface area contributed by atoms with Gasteiger partial charge in [0.1, 0.15) is 0 Å². The number of benzene rings is 1. The monoisotopic (exact) mass is 337 g/mol. The van der Waals surface area contributed by atoms with Gasteiger partial charge in [0.15, 0.2) is 17.5 Å². The summed E-state index contributed by atoms with van der Waals surface area (Å²) in [6.45, 7) is 4.74. The zero-order valence-electron chi connectivity index (χ0n) is 13.8. The second-order valence-corrected chi connectivity index (χ2v) is 7.12. The van der Waals surface area contributed by atoms with Gasteiger partial charge in [-0.15, -0.1) is 0 Å². The Balaban J connectivity index is 1.69. The number of hydrogen-bond donors (Lipinski definition) is 2.